The largest absolute Gasteiger partial charge is 0.491 e. The Hall–Kier alpha value is -2.04. The van der Waals surface area contributed by atoms with Crippen LogP contribution in [0.5, 0.6) is 5.75 Å². The van der Waals surface area contributed by atoms with E-state index < -0.39 is 0 Å². The number of nitrogens with one attached hydrogen (secondary N) is 1. The molecule has 2 aromatic carbocycles. The summed E-state index contributed by atoms with van der Waals surface area (Å²) < 4.78 is 6.02. The van der Waals surface area contributed by atoms with Gasteiger partial charge >= 0.3 is 0 Å². The molecule has 0 aromatic heterocycles. The average Bonchev–Trinajstić information content (AvgIpc) is 2.54. The topological polar surface area (TPSA) is 64.3 Å². The van der Waals surface area contributed by atoms with Crippen molar-refractivity contribution in [2.45, 2.75) is 26.3 Å². The number of ether oxygens (including phenoxy) is 1. The van der Waals surface area contributed by atoms with Crippen LogP contribution >= 0.6 is 12.4 Å². The molecule has 0 aliphatic rings. The molecule has 0 aliphatic carbocycles. The molecule has 2 aromatic rings. The highest BCUT2D eigenvalue weighted by molar-refractivity contribution is 5.85. The van der Waals surface area contributed by atoms with E-state index in [2.05, 4.69) is 5.32 Å². The van der Waals surface area contributed by atoms with E-state index in [1.54, 1.807) is 0 Å². The summed E-state index contributed by atoms with van der Waals surface area (Å²) in [6.07, 6.45) is 0.312. The van der Waals surface area contributed by atoms with E-state index in [-0.39, 0.29) is 24.4 Å². The number of hydrogen-bond donors (Lipinski definition) is 2. The van der Waals surface area contributed by atoms with E-state index in [1.165, 1.54) is 0 Å². The molecule has 130 valence electrons. The van der Waals surface area contributed by atoms with E-state index >= 15 is 0 Å². The zero-order chi connectivity index (χ0) is 16.7. The molecule has 3 N–H and O–H groups in total. The summed E-state index contributed by atoms with van der Waals surface area (Å²) in [5.74, 6) is 0.813. The minimum Gasteiger partial charge on any atom is -0.491 e. The molecule has 5 heteroatoms. The molecule has 1 unspecified atom stereocenters. The first-order valence-corrected chi connectivity index (χ1v) is 7.85. The predicted octanol–water partition coefficient (Wildman–Crippen LogP) is 3.31. The Kier molecular flexibility index (Phi) is 8.30. The van der Waals surface area contributed by atoms with Gasteiger partial charge in [0, 0.05) is 13.0 Å². The van der Waals surface area contributed by atoms with Gasteiger partial charge in [0.25, 0.3) is 0 Å². The number of carbonyl (C=O) groups excluding carboxylic acids is 1. The van der Waals surface area contributed by atoms with E-state index in [1.807, 2.05) is 62.4 Å². The highest BCUT2D eigenvalue weighted by Crippen LogP contribution is 2.24. The minimum absolute atomic E-state index is 0. The Morgan fingerprint density at radius 3 is 2.29 bits per heavy atom. The van der Waals surface area contributed by atoms with E-state index in [0.29, 0.717) is 19.6 Å². The van der Waals surface area contributed by atoms with Crippen molar-refractivity contribution in [3.63, 3.8) is 0 Å². The predicted molar refractivity (Wildman–Crippen MR) is 99.7 cm³/mol. The summed E-state index contributed by atoms with van der Waals surface area (Å²) in [6, 6.07) is 15.7. The van der Waals surface area contributed by atoms with E-state index in [4.69, 9.17) is 10.5 Å². The quantitative estimate of drug-likeness (QED) is 0.806. The fourth-order valence-electron chi connectivity index (χ4n) is 2.50. The fourth-order valence-corrected chi connectivity index (χ4v) is 2.50. The minimum atomic E-state index is -0.200. The number of aryl methyl sites for hydroxylation is 2. The van der Waals surface area contributed by atoms with Gasteiger partial charge in [-0.15, -0.1) is 12.4 Å². The number of para-hydroxylation sites is 1. The van der Waals surface area contributed by atoms with Gasteiger partial charge in [-0.1, -0.05) is 48.5 Å². The number of benzene rings is 2. The van der Waals surface area contributed by atoms with Gasteiger partial charge in [-0.05, 0) is 30.5 Å². The average molecular weight is 349 g/mol. The van der Waals surface area contributed by atoms with Crippen LogP contribution in [0.4, 0.5) is 0 Å². The molecule has 0 saturated heterocycles. The van der Waals surface area contributed by atoms with Crippen molar-refractivity contribution in [2.24, 2.45) is 5.73 Å². The molecule has 0 saturated carbocycles. The molecule has 0 spiro atoms. The molecular weight excluding hydrogens is 324 g/mol. The zero-order valence-corrected chi connectivity index (χ0v) is 14.9. The van der Waals surface area contributed by atoms with Crippen molar-refractivity contribution in [1.82, 2.24) is 5.32 Å². The number of rotatable bonds is 7. The number of hydrogen-bond acceptors (Lipinski definition) is 3. The standard InChI is InChI=1S/C19H24N2O2.ClH/c1-14-7-6-8-15(2)19(14)23-13-17(21-18(22)11-12-20)16-9-4-3-5-10-16;/h3-10,17H,11-13,20H2,1-2H3,(H,21,22);1H. The lowest BCUT2D eigenvalue weighted by atomic mass is 10.1. The highest BCUT2D eigenvalue weighted by atomic mass is 35.5. The number of nitrogens with two attached hydrogens (primary N) is 1. The summed E-state index contributed by atoms with van der Waals surface area (Å²) in [5.41, 5.74) is 8.65. The Balaban J connectivity index is 0.00000288. The summed E-state index contributed by atoms with van der Waals surface area (Å²) in [4.78, 5) is 11.9. The van der Waals surface area contributed by atoms with E-state index in [0.717, 1.165) is 22.4 Å². The maximum Gasteiger partial charge on any atom is 0.221 e. The lowest BCUT2D eigenvalue weighted by Gasteiger charge is -2.21. The lowest BCUT2D eigenvalue weighted by Crippen LogP contribution is -2.33. The fraction of sp³-hybridized carbons (Fsp3) is 0.316. The van der Waals surface area contributed by atoms with Gasteiger partial charge < -0.3 is 15.8 Å². The third kappa shape index (κ3) is 5.55. The molecular formula is C19H25ClN2O2. The lowest BCUT2D eigenvalue weighted by molar-refractivity contribution is -0.121. The summed E-state index contributed by atoms with van der Waals surface area (Å²) >= 11 is 0. The molecule has 2 rings (SSSR count). The monoisotopic (exact) mass is 348 g/mol. The van der Waals surface area contributed by atoms with Gasteiger partial charge in [0.15, 0.2) is 0 Å². The van der Waals surface area contributed by atoms with Crippen LogP contribution in [0.15, 0.2) is 48.5 Å². The molecule has 1 atom stereocenters. The first-order chi connectivity index (χ1) is 11.1. The summed E-state index contributed by atoms with van der Waals surface area (Å²) in [5, 5.41) is 3.00. The van der Waals surface area contributed by atoms with Crippen LogP contribution in [0.1, 0.15) is 29.2 Å². The Bertz CT molecular complexity index is 627. The van der Waals surface area contributed by atoms with Crippen molar-refractivity contribution in [3.8, 4) is 5.75 Å². The zero-order valence-electron chi connectivity index (χ0n) is 14.1. The number of carbonyl (C=O) groups is 1. The third-order valence-electron chi connectivity index (χ3n) is 3.71. The summed E-state index contributed by atoms with van der Waals surface area (Å²) in [7, 11) is 0. The van der Waals surface area contributed by atoms with Gasteiger partial charge in [-0.2, -0.15) is 0 Å². The second-order valence-corrected chi connectivity index (χ2v) is 5.60. The van der Waals surface area contributed by atoms with Crippen molar-refractivity contribution < 1.29 is 9.53 Å². The normalized spacial score (nSPS) is 11.3. The van der Waals surface area contributed by atoms with Crippen LogP contribution in [-0.2, 0) is 4.79 Å². The number of amides is 1. The number of halogens is 1. The third-order valence-corrected chi connectivity index (χ3v) is 3.71. The molecule has 0 aliphatic heterocycles. The van der Waals surface area contributed by atoms with E-state index in [9.17, 15) is 4.79 Å². The van der Waals surface area contributed by atoms with Crippen LogP contribution in [0.25, 0.3) is 0 Å². The maximum absolute atomic E-state index is 11.9. The molecule has 24 heavy (non-hydrogen) atoms. The van der Waals surface area contributed by atoms with Crippen LogP contribution in [-0.4, -0.2) is 19.1 Å². The van der Waals surface area contributed by atoms with Gasteiger partial charge in [-0.3, -0.25) is 4.79 Å². The molecule has 0 radical (unpaired) electrons. The molecule has 1 amide bonds. The Labute approximate surface area is 149 Å². The van der Waals surface area contributed by atoms with Gasteiger partial charge in [-0.25, -0.2) is 0 Å². The SMILES string of the molecule is Cc1cccc(C)c1OCC(NC(=O)CCN)c1ccccc1.Cl. The van der Waals surface area contributed by atoms with Crippen molar-refractivity contribution in [3.05, 3.63) is 65.2 Å². The Morgan fingerprint density at radius 1 is 1.08 bits per heavy atom. The van der Waals surface area contributed by atoms with Crippen molar-refractivity contribution >= 4 is 18.3 Å². The second-order valence-electron chi connectivity index (χ2n) is 5.60. The molecule has 0 heterocycles. The van der Waals surface area contributed by atoms with Crippen molar-refractivity contribution in [1.29, 1.82) is 0 Å². The Morgan fingerprint density at radius 2 is 1.71 bits per heavy atom. The smallest absolute Gasteiger partial charge is 0.221 e. The summed E-state index contributed by atoms with van der Waals surface area (Å²) in [6.45, 7) is 4.76. The van der Waals surface area contributed by atoms with Gasteiger partial charge in [0.1, 0.15) is 12.4 Å². The first-order valence-electron chi connectivity index (χ1n) is 7.85. The van der Waals surface area contributed by atoms with Crippen LogP contribution in [0, 0.1) is 13.8 Å². The van der Waals surface area contributed by atoms with Crippen LogP contribution in [0.2, 0.25) is 0 Å². The second kappa shape index (κ2) is 9.96. The van der Waals surface area contributed by atoms with Crippen LogP contribution in [0.3, 0.4) is 0 Å². The highest BCUT2D eigenvalue weighted by Gasteiger charge is 2.16. The molecule has 0 bridgehead atoms. The van der Waals surface area contributed by atoms with Crippen LogP contribution < -0.4 is 15.8 Å². The molecule has 0 fully saturated rings. The first kappa shape index (κ1) is 20.0. The van der Waals surface area contributed by atoms with Crippen molar-refractivity contribution in [2.75, 3.05) is 13.2 Å². The van der Waals surface area contributed by atoms with Gasteiger partial charge in [0.2, 0.25) is 5.91 Å². The maximum atomic E-state index is 11.9. The van der Waals surface area contributed by atoms with Gasteiger partial charge in [0.05, 0.1) is 6.04 Å². The molecule has 4 nitrogen and oxygen atoms in total.